The van der Waals surface area contributed by atoms with Crippen LogP contribution in [0.1, 0.15) is 11.1 Å². The molecular weight excluding hydrogens is 246 g/mol. The lowest BCUT2D eigenvalue weighted by atomic mass is 10.1. The summed E-state index contributed by atoms with van der Waals surface area (Å²) in [6, 6.07) is 11.2. The summed E-state index contributed by atoms with van der Waals surface area (Å²) in [6.45, 7) is 0.800. The fraction of sp³-hybridized carbons (Fsp3) is 0.200. The minimum atomic E-state index is -0.428. The van der Waals surface area contributed by atoms with Crippen molar-refractivity contribution in [3.63, 3.8) is 0 Å². The Bertz CT molecular complexity index is 553. The summed E-state index contributed by atoms with van der Waals surface area (Å²) in [5.74, 6) is -0.824. The van der Waals surface area contributed by atoms with Crippen LogP contribution < -0.4 is 10.6 Å². The van der Waals surface area contributed by atoms with Crippen molar-refractivity contribution < 1.29 is 8.78 Å². The van der Waals surface area contributed by atoms with Crippen LogP contribution in [0.4, 0.5) is 14.5 Å². The zero-order valence-electron chi connectivity index (χ0n) is 10.7. The highest BCUT2D eigenvalue weighted by Gasteiger charge is 2.08. The van der Waals surface area contributed by atoms with E-state index in [0.717, 1.165) is 23.4 Å². The molecule has 2 N–H and O–H groups in total. The van der Waals surface area contributed by atoms with Gasteiger partial charge in [0.25, 0.3) is 0 Å². The topological polar surface area (TPSA) is 29.3 Å². The van der Waals surface area contributed by atoms with Gasteiger partial charge in [0.15, 0.2) is 0 Å². The zero-order valence-corrected chi connectivity index (χ0v) is 10.7. The van der Waals surface area contributed by atoms with Crippen molar-refractivity contribution in [1.82, 2.24) is 0 Å². The predicted octanol–water partition coefficient (Wildman–Crippen LogP) is 3.06. The van der Waals surface area contributed by atoms with E-state index in [2.05, 4.69) is 0 Å². The van der Waals surface area contributed by atoms with Crippen LogP contribution in [0.2, 0.25) is 0 Å². The van der Waals surface area contributed by atoms with Crippen molar-refractivity contribution in [1.29, 1.82) is 0 Å². The van der Waals surface area contributed by atoms with E-state index in [4.69, 9.17) is 5.73 Å². The Hall–Kier alpha value is -1.94. The van der Waals surface area contributed by atoms with Crippen molar-refractivity contribution >= 4 is 5.69 Å². The second-order valence-corrected chi connectivity index (χ2v) is 4.46. The molecule has 0 spiro atoms. The molecule has 0 bridgehead atoms. The number of halogens is 2. The maximum Gasteiger partial charge on any atom is 0.128 e. The Kier molecular flexibility index (Phi) is 4.12. The van der Waals surface area contributed by atoms with Crippen molar-refractivity contribution in [3.05, 3.63) is 65.2 Å². The average molecular weight is 262 g/mol. The van der Waals surface area contributed by atoms with Gasteiger partial charge < -0.3 is 10.6 Å². The van der Waals surface area contributed by atoms with Gasteiger partial charge in [-0.3, -0.25) is 0 Å². The monoisotopic (exact) mass is 262 g/mol. The van der Waals surface area contributed by atoms with Crippen LogP contribution in [0, 0.1) is 11.6 Å². The molecule has 0 saturated carbocycles. The van der Waals surface area contributed by atoms with E-state index in [1.165, 1.54) is 6.07 Å². The Morgan fingerprint density at radius 3 is 2.37 bits per heavy atom. The Labute approximate surface area is 111 Å². The first-order valence-corrected chi connectivity index (χ1v) is 6.04. The van der Waals surface area contributed by atoms with Crippen molar-refractivity contribution in [2.45, 2.75) is 13.1 Å². The molecule has 2 rings (SSSR count). The van der Waals surface area contributed by atoms with Crippen LogP contribution in [0.5, 0.6) is 0 Å². The van der Waals surface area contributed by atoms with Crippen LogP contribution in [-0.2, 0) is 13.1 Å². The minimum Gasteiger partial charge on any atom is -0.370 e. The molecule has 2 aromatic carbocycles. The van der Waals surface area contributed by atoms with Crippen LogP contribution in [0.25, 0.3) is 0 Å². The molecule has 0 radical (unpaired) electrons. The summed E-state index contributed by atoms with van der Waals surface area (Å²) in [5, 5.41) is 0. The molecular formula is C15H16F2N2. The number of benzene rings is 2. The fourth-order valence-corrected chi connectivity index (χ4v) is 1.90. The molecule has 0 aromatic heterocycles. The number of rotatable bonds is 4. The lowest BCUT2D eigenvalue weighted by Gasteiger charge is -2.20. The Balaban J connectivity index is 2.15. The van der Waals surface area contributed by atoms with Crippen molar-refractivity contribution in [2.24, 2.45) is 5.73 Å². The molecule has 19 heavy (non-hydrogen) atoms. The van der Waals surface area contributed by atoms with Gasteiger partial charge in [-0.2, -0.15) is 0 Å². The minimum absolute atomic E-state index is 0.311. The summed E-state index contributed by atoms with van der Waals surface area (Å²) in [4.78, 5) is 1.86. The number of nitrogens with zero attached hydrogens (tertiary/aromatic N) is 1. The van der Waals surface area contributed by atoms with Gasteiger partial charge >= 0.3 is 0 Å². The van der Waals surface area contributed by atoms with E-state index in [-0.39, 0.29) is 0 Å². The number of hydrogen-bond acceptors (Lipinski definition) is 2. The summed E-state index contributed by atoms with van der Waals surface area (Å²) < 4.78 is 26.7. The van der Waals surface area contributed by atoms with E-state index < -0.39 is 11.6 Å². The van der Waals surface area contributed by atoms with E-state index in [0.29, 0.717) is 18.7 Å². The maximum atomic E-state index is 13.6. The van der Waals surface area contributed by atoms with E-state index in [1.54, 1.807) is 0 Å². The molecule has 0 aliphatic rings. The Morgan fingerprint density at radius 2 is 1.74 bits per heavy atom. The molecule has 0 atom stereocenters. The lowest BCUT2D eigenvalue weighted by Crippen LogP contribution is -2.17. The molecule has 2 aromatic rings. The smallest absolute Gasteiger partial charge is 0.128 e. The van der Waals surface area contributed by atoms with E-state index in [1.807, 2.05) is 36.2 Å². The maximum absolute atomic E-state index is 13.6. The summed E-state index contributed by atoms with van der Waals surface area (Å²) >= 11 is 0. The SMILES string of the molecule is CN(Cc1cc(F)ccc1F)c1ccc(CN)cc1. The van der Waals surface area contributed by atoms with Gasteiger partial charge in [0.05, 0.1) is 0 Å². The molecule has 0 heterocycles. The molecule has 0 saturated heterocycles. The molecule has 0 aliphatic heterocycles. The van der Waals surface area contributed by atoms with Gasteiger partial charge in [-0.15, -0.1) is 0 Å². The van der Waals surface area contributed by atoms with Gasteiger partial charge in [0, 0.05) is 31.4 Å². The first-order valence-electron chi connectivity index (χ1n) is 6.04. The molecule has 100 valence electrons. The largest absolute Gasteiger partial charge is 0.370 e. The normalized spacial score (nSPS) is 10.5. The molecule has 4 heteroatoms. The highest BCUT2D eigenvalue weighted by Crippen LogP contribution is 2.18. The second kappa shape index (κ2) is 5.80. The van der Waals surface area contributed by atoms with Crippen molar-refractivity contribution in [3.8, 4) is 0 Å². The summed E-state index contributed by atoms with van der Waals surface area (Å²) in [5.41, 5.74) is 7.84. The highest BCUT2D eigenvalue weighted by atomic mass is 19.1. The number of anilines is 1. The molecule has 0 fully saturated rings. The van der Waals surface area contributed by atoms with E-state index in [9.17, 15) is 8.78 Å². The first-order chi connectivity index (χ1) is 9.10. The lowest BCUT2D eigenvalue weighted by molar-refractivity contribution is 0.583. The van der Waals surface area contributed by atoms with Crippen LogP contribution in [-0.4, -0.2) is 7.05 Å². The first kappa shape index (κ1) is 13.5. The van der Waals surface area contributed by atoms with Crippen molar-refractivity contribution in [2.75, 3.05) is 11.9 Å². The standard InChI is InChI=1S/C15H16F2N2/c1-19(14-5-2-11(9-18)3-6-14)10-12-8-13(16)4-7-15(12)17/h2-8H,9-10,18H2,1H3. The second-order valence-electron chi connectivity index (χ2n) is 4.46. The summed E-state index contributed by atoms with van der Waals surface area (Å²) in [6.07, 6.45) is 0. The molecule has 0 aliphatic carbocycles. The highest BCUT2D eigenvalue weighted by molar-refractivity contribution is 5.47. The van der Waals surface area contributed by atoms with Crippen LogP contribution in [0.15, 0.2) is 42.5 Å². The van der Waals surface area contributed by atoms with Gasteiger partial charge in [-0.1, -0.05) is 12.1 Å². The third kappa shape index (κ3) is 3.29. The molecule has 0 unspecified atom stereocenters. The third-order valence-electron chi connectivity index (χ3n) is 3.03. The van der Waals surface area contributed by atoms with Crippen LogP contribution in [0.3, 0.4) is 0 Å². The quantitative estimate of drug-likeness (QED) is 0.917. The fourth-order valence-electron chi connectivity index (χ4n) is 1.90. The number of nitrogens with two attached hydrogens (primary N) is 1. The Morgan fingerprint density at radius 1 is 1.05 bits per heavy atom. The molecule has 0 amide bonds. The third-order valence-corrected chi connectivity index (χ3v) is 3.03. The van der Waals surface area contributed by atoms with Crippen LogP contribution >= 0.6 is 0 Å². The van der Waals surface area contributed by atoms with Gasteiger partial charge in [0.1, 0.15) is 11.6 Å². The predicted molar refractivity (Wildman–Crippen MR) is 72.8 cm³/mol. The molecule has 2 nitrogen and oxygen atoms in total. The van der Waals surface area contributed by atoms with E-state index >= 15 is 0 Å². The van der Waals surface area contributed by atoms with Gasteiger partial charge in [-0.25, -0.2) is 8.78 Å². The zero-order chi connectivity index (χ0) is 13.8. The number of hydrogen-bond donors (Lipinski definition) is 1. The van der Waals surface area contributed by atoms with Gasteiger partial charge in [-0.05, 0) is 35.9 Å². The van der Waals surface area contributed by atoms with Gasteiger partial charge in [0.2, 0.25) is 0 Å². The summed E-state index contributed by atoms with van der Waals surface area (Å²) in [7, 11) is 1.84. The average Bonchev–Trinajstić information content (AvgIpc) is 2.43.